The number of nitrogens with zero attached hydrogens (tertiary/aromatic N) is 2. The number of aliphatic hydroxyl groups excluding tert-OH is 1. The molecule has 0 aliphatic heterocycles. The molecule has 0 saturated heterocycles. The Morgan fingerprint density at radius 2 is 2.08 bits per heavy atom. The molecule has 0 spiro atoms. The van der Waals surface area contributed by atoms with Gasteiger partial charge in [-0.05, 0) is 29.8 Å². The lowest BCUT2D eigenvalue weighted by Gasteiger charge is -2.09. The van der Waals surface area contributed by atoms with Crippen molar-refractivity contribution in [2.24, 2.45) is 0 Å². The minimum Gasteiger partial charge on any atom is -0.465 e. The number of carbonyl (C=O) groups is 1. The van der Waals surface area contributed by atoms with Crippen LogP contribution in [0.15, 0.2) is 42.7 Å². The second kappa shape index (κ2) is 6.95. The van der Waals surface area contributed by atoms with Gasteiger partial charge in [0.05, 0.1) is 29.8 Å². The Hall–Kier alpha value is -2.50. The van der Waals surface area contributed by atoms with E-state index >= 15 is 0 Å². The zero-order chi connectivity index (χ0) is 17.1. The van der Waals surface area contributed by atoms with Gasteiger partial charge >= 0.3 is 5.97 Å². The topological polar surface area (TPSA) is 72.3 Å². The first kappa shape index (κ1) is 16.4. The highest BCUT2D eigenvalue weighted by atomic mass is 35.5. The molecule has 24 heavy (non-hydrogen) atoms. The predicted molar refractivity (Wildman–Crippen MR) is 91.1 cm³/mol. The van der Waals surface area contributed by atoms with Crippen LogP contribution >= 0.6 is 11.6 Å². The summed E-state index contributed by atoms with van der Waals surface area (Å²) in [5.41, 5.74) is 3.59. The third-order valence-corrected chi connectivity index (χ3v) is 3.89. The number of hydrogen-bond donors (Lipinski definition) is 1. The van der Waals surface area contributed by atoms with Crippen molar-refractivity contribution in [2.75, 3.05) is 7.11 Å². The summed E-state index contributed by atoms with van der Waals surface area (Å²) >= 11 is 6.01. The van der Waals surface area contributed by atoms with Crippen LogP contribution in [-0.2, 0) is 17.8 Å². The van der Waals surface area contributed by atoms with E-state index in [0.717, 1.165) is 27.7 Å². The average Bonchev–Trinajstić information content (AvgIpc) is 2.60. The Bertz CT molecular complexity index is 912. The third kappa shape index (κ3) is 3.37. The molecule has 0 amide bonds. The van der Waals surface area contributed by atoms with Crippen molar-refractivity contribution in [3.63, 3.8) is 0 Å². The summed E-state index contributed by atoms with van der Waals surface area (Å²) < 4.78 is 4.73. The highest BCUT2D eigenvalue weighted by Crippen LogP contribution is 2.24. The summed E-state index contributed by atoms with van der Waals surface area (Å²) in [7, 11) is 1.34. The number of aromatic nitrogens is 2. The number of ether oxygens (including phenoxy) is 1. The molecule has 2 heterocycles. The third-order valence-electron chi connectivity index (χ3n) is 3.68. The van der Waals surface area contributed by atoms with Crippen LogP contribution in [-0.4, -0.2) is 28.2 Å². The van der Waals surface area contributed by atoms with Crippen molar-refractivity contribution in [3.05, 3.63) is 70.1 Å². The molecule has 2 aromatic heterocycles. The van der Waals surface area contributed by atoms with E-state index in [0.29, 0.717) is 17.0 Å². The summed E-state index contributed by atoms with van der Waals surface area (Å²) in [5, 5.41) is 11.0. The van der Waals surface area contributed by atoms with Gasteiger partial charge < -0.3 is 9.84 Å². The van der Waals surface area contributed by atoms with E-state index in [-0.39, 0.29) is 6.61 Å². The molecule has 122 valence electrons. The molecule has 6 heteroatoms. The maximum atomic E-state index is 11.6. The summed E-state index contributed by atoms with van der Waals surface area (Å²) in [5.74, 6) is -0.399. The van der Waals surface area contributed by atoms with Gasteiger partial charge in [-0.1, -0.05) is 17.7 Å². The minimum atomic E-state index is -0.399. The fourth-order valence-corrected chi connectivity index (χ4v) is 2.78. The van der Waals surface area contributed by atoms with Crippen molar-refractivity contribution in [2.45, 2.75) is 13.0 Å². The molecule has 3 rings (SSSR count). The van der Waals surface area contributed by atoms with Gasteiger partial charge in [0.1, 0.15) is 0 Å². The second-order valence-corrected chi connectivity index (χ2v) is 5.78. The molecular weight excluding hydrogens is 328 g/mol. The lowest BCUT2D eigenvalue weighted by molar-refractivity contribution is 0.0600. The summed E-state index contributed by atoms with van der Waals surface area (Å²) in [4.78, 5) is 20.2. The Morgan fingerprint density at radius 3 is 2.83 bits per heavy atom. The second-order valence-electron chi connectivity index (χ2n) is 5.34. The van der Waals surface area contributed by atoms with E-state index in [1.165, 1.54) is 7.11 Å². The molecule has 0 fully saturated rings. The van der Waals surface area contributed by atoms with Crippen molar-refractivity contribution in [3.8, 4) is 0 Å². The van der Waals surface area contributed by atoms with E-state index in [1.807, 2.05) is 18.2 Å². The van der Waals surface area contributed by atoms with Gasteiger partial charge in [-0.25, -0.2) is 4.79 Å². The zero-order valence-corrected chi connectivity index (χ0v) is 13.7. The van der Waals surface area contributed by atoms with Gasteiger partial charge in [0, 0.05) is 35.5 Å². The quantitative estimate of drug-likeness (QED) is 0.737. The van der Waals surface area contributed by atoms with Gasteiger partial charge in [0.2, 0.25) is 0 Å². The summed E-state index contributed by atoms with van der Waals surface area (Å²) in [6.07, 6.45) is 3.65. The summed E-state index contributed by atoms with van der Waals surface area (Å²) in [6.45, 7) is -0.116. The van der Waals surface area contributed by atoms with Crippen LogP contribution in [0.4, 0.5) is 0 Å². The fraction of sp³-hybridized carbons (Fsp3) is 0.167. The van der Waals surface area contributed by atoms with Gasteiger partial charge in [-0.15, -0.1) is 0 Å². The number of pyridine rings is 2. The Morgan fingerprint density at radius 1 is 1.25 bits per heavy atom. The van der Waals surface area contributed by atoms with Gasteiger partial charge in [0.25, 0.3) is 0 Å². The number of aliphatic hydroxyl groups is 1. The van der Waals surface area contributed by atoms with Crippen LogP contribution in [0.3, 0.4) is 0 Å². The Balaban J connectivity index is 1.99. The van der Waals surface area contributed by atoms with E-state index < -0.39 is 5.97 Å². The van der Waals surface area contributed by atoms with E-state index in [2.05, 4.69) is 9.97 Å². The molecule has 0 saturated carbocycles. The Kier molecular flexibility index (Phi) is 4.74. The number of carbonyl (C=O) groups excluding carboxylic acids is 1. The fourth-order valence-electron chi connectivity index (χ4n) is 2.62. The Labute approximate surface area is 143 Å². The SMILES string of the molecule is COC(=O)c1ccnc(Cc2cc(CO)c3ncc(Cl)cc3c2)c1. The highest BCUT2D eigenvalue weighted by molar-refractivity contribution is 6.31. The lowest BCUT2D eigenvalue weighted by Crippen LogP contribution is -2.03. The first-order valence-corrected chi connectivity index (χ1v) is 7.69. The molecule has 1 aromatic carbocycles. The molecule has 5 nitrogen and oxygen atoms in total. The van der Waals surface area contributed by atoms with Crippen LogP contribution in [0.2, 0.25) is 5.02 Å². The molecule has 0 unspecified atom stereocenters. The zero-order valence-electron chi connectivity index (χ0n) is 13.0. The molecule has 0 atom stereocenters. The maximum absolute atomic E-state index is 11.6. The first-order valence-electron chi connectivity index (χ1n) is 7.32. The highest BCUT2D eigenvalue weighted by Gasteiger charge is 2.10. The number of hydrogen-bond acceptors (Lipinski definition) is 5. The van der Waals surface area contributed by atoms with Crippen molar-refractivity contribution >= 4 is 28.5 Å². The van der Waals surface area contributed by atoms with Crippen molar-refractivity contribution < 1.29 is 14.6 Å². The molecular formula is C18H15ClN2O3. The van der Waals surface area contributed by atoms with Crippen molar-refractivity contribution in [1.29, 1.82) is 0 Å². The minimum absolute atomic E-state index is 0.116. The number of fused-ring (bicyclic) bond motifs is 1. The number of benzene rings is 1. The van der Waals surface area contributed by atoms with E-state index in [1.54, 1.807) is 24.5 Å². The van der Waals surface area contributed by atoms with E-state index in [4.69, 9.17) is 16.3 Å². The van der Waals surface area contributed by atoms with E-state index in [9.17, 15) is 9.90 Å². The van der Waals surface area contributed by atoms with Crippen LogP contribution in [0.25, 0.3) is 10.9 Å². The number of esters is 1. The van der Waals surface area contributed by atoms with Gasteiger partial charge in [-0.3, -0.25) is 9.97 Å². The molecule has 1 N–H and O–H groups in total. The summed E-state index contributed by atoms with van der Waals surface area (Å²) in [6, 6.07) is 8.96. The molecule has 0 aliphatic carbocycles. The maximum Gasteiger partial charge on any atom is 0.337 e. The number of rotatable bonds is 4. The van der Waals surface area contributed by atoms with Gasteiger partial charge in [-0.2, -0.15) is 0 Å². The smallest absolute Gasteiger partial charge is 0.337 e. The van der Waals surface area contributed by atoms with Crippen LogP contribution in [0, 0.1) is 0 Å². The van der Waals surface area contributed by atoms with Gasteiger partial charge in [0.15, 0.2) is 0 Å². The number of methoxy groups -OCH3 is 1. The van der Waals surface area contributed by atoms with Crippen LogP contribution < -0.4 is 0 Å². The standard InChI is InChI=1S/C18H15ClN2O3/c1-24-18(23)12-2-3-20-16(8-12)6-11-4-13-7-15(19)9-21-17(13)14(5-11)10-22/h2-5,7-9,22H,6,10H2,1H3. The molecule has 0 radical (unpaired) electrons. The van der Waals surface area contributed by atoms with Crippen LogP contribution in [0.5, 0.6) is 0 Å². The monoisotopic (exact) mass is 342 g/mol. The molecule has 0 bridgehead atoms. The van der Waals surface area contributed by atoms with Crippen molar-refractivity contribution in [1.82, 2.24) is 9.97 Å². The largest absolute Gasteiger partial charge is 0.465 e. The molecule has 0 aliphatic rings. The normalized spacial score (nSPS) is 10.8. The number of halogens is 1. The predicted octanol–water partition coefficient (Wildman–Crippen LogP) is 3.15. The lowest BCUT2D eigenvalue weighted by atomic mass is 10.0. The first-order chi connectivity index (χ1) is 11.6. The van der Waals surface area contributed by atoms with Crippen LogP contribution in [0.1, 0.15) is 27.2 Å². The molecule has 3 aromatic rings. The average molecular weight is 343 g/mol.